The Bertz CT molecular complexity index is 152. The van der Waals surface area contributed by atoms with Crippen molar-refractivity contribution in [2.75, 3.05) is 0 Å². The first kappa shape index (κ1) is 14.3. The average molecular weight is 185 g/mol. The van der Waals surface area contributed by atoms with Gasteiger partial charge in [-0.15, -0.1) is 0 Å². The van der Waals surface area contributed by atoms with E-state index in [4.69, 9.17) is 9.84 Å². The summed E-state index contributed by atoms with van der Waals surface area (Å²) in [5, 5.41) is 7.33. The van der Waals surface area contributed by atoms with Gasteiger partial charge in [0.25, 0.3) is 0 Å². The van der Waals surface area contributed by atoms with Gasteiger partial charge in [0.15, 0.2) is 0 Å². The Morgan fingerprint density at radius 3 is 2.38 bits per heavy atom. The van der Waals surface area contributed by atoms with Gasteiger partial charge in [0.2, 0.25) is 0 Å². The van der Waals surface area contributed by atoms with E-state index in [-0.39, 0.29) is 12.1 Å². The van der Waals surface area contributed by atoms with Gasteiger partial charge in [0, 0.05) is 6.08 Å². The molecule has 1 radical (unpaired) electrons. The lowest BCUT2D eigenvalue weighted by Crippen LogP contribution is -2.11. The Morgan fingerprint density at radius 1 is 1.62 bits per heavy atom. The zero-order chi connectivity index (χ0) is 10.7. The molecular weight excluding hydrogens is 168 g/mol. The van der Waals surface area contributed by atoms with Gasteiger partial charge in [-0.25, -0.2) is 4.79 Å². The van der Waals surface area contributed by atoms with Gasteiger partial charge >= 0.3 is 5.97 Å². The van der Waals surface area contributed by atoms with E-state index in [9.17, 15) is 4.79 Å². The highest BCUT2D eigenvalue weighted by molar-refractivity contribution is 5.81. The third-order valence-corrected chi connectivity index (χ3v) is 1.09. The summed E-state index contributed by atoms with van der Waals surface area (Å²) in [6, 6.07) is 0. The fraction of sp³-hybridized carbons (Fsp3) is 0.400. The van der Waals surface area contributed by atoms with E-state index in [0.717, 1.165) is 19.1 Å². The molecule has 0 fully saturated rings. The van der Waals surface area contributed by atoms with Gasteiger partial charge < -0.3 is 9.84 Å². The summed E-state index contributed by atoms with van der Waals surface area (Å²) in [7, 11) is 0. The van der Waals surface area contributed by atoms with E-state index in [1.165, 1.54) is 6.08 Å². The second kappa shape index (κ2) is 10.8. The number of ether oxygens (including phenoxy) is 1. The molecule has 0 aromatic carbocycles. The molecule has 0 rings (SSSR count). The zero-order valence-electron chi connectivity index (χ0n) is 8.03. The number of carbonyl (C=O) groups excluding carboxylic acids is 1. The zero-order valence-corrected chi connectivity index (χ0v) is 8.03. The number of rotatable bonds is 4. The van der Waals surface area contributed by atoms with E-state index in [1.807, 2.05) is 6.92 Å². The smallest absolute Gasteiger partial charge is 0.330 e. The SMILES string of the molecule is C=CO.[CH2]CCC(C)OC(=O)C=C. The maximum Gasteiger partial charge on any atom is 0.330 e. The summed E-state index contributed by atoms with van der Waals surface area (Å²) in [5.74, 6) is -0.360. The summed E-state index contributed by atoms with van der Waals surface area (Å²) in [6.45, 7) is 11.7. The molecule has 3 heteroatoms. The monoisotopic (exact) mass is 185 g/mol. The fourth-order valence-electron chi connectivity index (χ4n) is 0.593. The Morgan fingerprint density at radius 2 is 2.08 bits per heavy atom. The second-order valence-corrected chi connectivity index (χ2v) is 2.28. The van der Waals surface area contributed by atoms with Crippen LogP contribution in [0.5, 0.6) is 0 Å². The number of esters is 1. The lowest BCUT2D eigenvalue weighted by atomic mass is 10.2. The molecule has 13 heavy (non-hydrogen) atoms. The predicted octanol–water partition coefficient (Wildman–Crippen LogP) is 2.41. The van der Waals surface area contributed by atoms with Crippen molar-refractivity contribution in [3.05, 3.63) is 32.4 Å². The quantitative estimate of drug-likeness (QED) is 0.415. The molecule has 0 aliphatic heterocycles. The van der Waals surface area contributed by atoms with Gasteiger partial charge in [-0.05, 0) is 19.8 Å². The van der Waals surface area contributed by atoms with Crippen molar-refractivity contribution in [1.82, 2.24) is 0 Å². The molecule has 0 aliphatic rings. The van der Waals surface area contributed by atoms with Crippen molar-refractivity contribution in [1.29, 1.82) is 0 Å². The molecular formula is C10H17O3. The van der Waals surface area contributed by atoms with Crippen LogP contribution in [0.3, 0.4) is 0 Å². The number of hydrogen-bond acceptors (Lipinski definition) is 3. The topological polar surface area (TPSA) is 46.5 Å². The van der Waals surface area contributed by atoms with Crippen LogP contribution in [0.4, 0.5) is 0 Å². The number of aliphatic hydroxyl groups excluding tert-OH is 1. The van der Waals surface area contributed by atoms with E-state index in [0.29, 0.717) is 0 Å². The molecule has 1 N–H and O–H groups in total. The molecule has 75 valence electrons. The highest BCUT2D eigenvalue weighted by Crippen LogP contribution is 2.00. The van der Waals surface area contributed by atoms with Crippen molar-refractivity contribution in [3.8, 4) is 0 Å². The van der Waals surface area contributed by atoms with Crippen LogP contribution in [-0.2, 0) is 9.53 Å². The average Bonchev–Trinajstić information content (AvgIpc) is 2.06. The maximum atomic E-state index is 10.5. The van der Waals surface area contributed by atoms with Crippen molar-refractivity contribution in [2.45, 2.75) is 25.9 Å². The van der Waals surface area contributed by atoms with Crippen molar-refractivity contribution in [2.24, 2.45) is 0 Å². The van der Waals surface area contributed by atoms with Gasteiger partial charge in [-0.2, -0.15) is 0 Å². The molecule has 0 saturated heterocycles. The van der Waals surface area contributed by atoms with Gasteiger partial charge in [0.05, 0.1) is 12.4 Å². The van der Waals surface area contributed by atoms with Crippen LogP contribution in [-0.4, -0.2) is 17.2 Å². The van der Waals surface area contributed by atoms with Crippen molar-refractivity contribution in [3.63, 3.8) is 0 Å². The highest BCUT2D eigenvalue weighted by atomic mass is 16.5. The van der Waals surface area contributed by atoms with Crippen LogP contribution in [0.25, 0.3) is 0 Å². The molecule has 0 bridgehead atoms. The minimum absolute atomic E-state index is 0.0389. The Kier molecular flexibility index (Phi) is 11.8. The Balaban J connectivity index is 0. The molecule has 1 atom stereocenters. The maximum absolute atomic E-state index is 10.5. The summed E-state index contributed by atoms with van der Waals surface area (Å²) in [5.41, 5.74) is 0. The lowest BCUT2D eigenvalue weighted by Gasteiger charge is -2.08. The minimum Gasteiger partial charge on any atom is -0.516 e. The van der Waals surface area contributed by atoms with Crippen LogP contribution < -0.4 is 0 Å². The molecule has 1 unspecified atom stereocenters. The second-order valence-electron chi connectivity index (χ2n) is 2.28. The van der Waals surface area contributed by atoms with Crippen LogP contribution in [0.15, 0.2) is 25.5 Å². The van der Waals surface area contributed by atoms with Crippen LogP contribution >= 0.6 is 0 Å². The van der Waals surface area contributed by atoms with E-state index in [2.05, 4.69) is 20.1 Å². The fourth-order valence-corrected chi connectivity index (χ4v) is 0.593. The molecule has 0 heterocycles. The summed E-state index contributed by atoms with van der Waals surface area (Å²) in [6.07, 6.45) is 3.47. The van der Waals surface area contributed by atoms with Gasteiger partial charge in [0.1, 0.15) is 0 Å². The first-order valence-corrected chi connectivity index (χ1v) is 3.99. The normalized spacial score (nSPS) is 10.3. The number of hydrogen-bond donors (Lipinski definition) is 1. The third kappa shape index (κ3) is 13.7. The Hall–Kier alpha value is -1.25. The largest absolute Gasteiger partial charge is 0.516 e. The standard InChI is InChI=1S/C8H13O2.C2H4O/c1-4-6-7(3)10-8(9)5-2;1-2-3/h5,7H,1-2,4,6H2,3H3;2-3H,1H2. The van der Waals surface area contributed by atoms with Gasteiger partial charge in [-0.1, -0.05) is 20.1 Å². The lowest BCUT2D eigenvalue weighted by molar-refractivity contribution is -0.142. The molecule has 3 nitrogen and oxygen atoms in total. The van der Waals surface area contributed by atoms with Gasteiger partial charge in [-0.3, -0.25) is 0 Å². The Labute approximate surface area is 79.7 Å². The van der Waals surface area contributed by atoms with Crippen LogP contribution in [0.1, 0.15) is 19.8 Å². The van der Waals surface area contributed by atoms with Crippen LogP contribution in [0.2, 0.25) is 0 Å². The van der Waals surface area contributed by atoms with Crippen molar-refractivity contribution >= 4 is 5.97 Å². The van der Waals surface area contributed by atoms with Crippen molar-refractivity contribution < 1.29 is 14.6 Å². The third-order valence-electron chi connectivity index (χ3n) is 1.09. The molecule has 0 aliphatic carbocycles. The number of aliphatic hydroxyl groups is 1. The summed E-state index contributed by atoms with van der Waals surface area (Å²) < 4.78 is 4.84. The molecule has 0 spiro atoms. The first-order chi connectivity index (χ1) is 6.12. The number of carbonyl (C=O) groups is 1. The molecule has 0 aromatic heterocycles. The first-order valence-electron chi connectivity index (χ1n) is 3.99. The van der Waals surface area contributed by atoms with Crippen LogP contribution in [0, 0.1) is 6.92 Å². The highest BCUT2D eigenvalue weighted by Gasteiger charge is 2.03. The predicted molar refractivity (Wildman–Crippen MR) is 53.2 cm³/mol. The molecule has 0 aromatic rings. The van der Waals surface area contributed by atoms with E-state index < -0.39 is 0 Å². The minimum atomic E-state index is -0.360. The molecule has 0 amide bonds. The van der Waals surface area contributed by atoms with E-state index >= 15 is 0 Å². The van der Waals surface area contributed by atoms with E-state index in [1.54, 1.807) is 0 Å². The molecule has 0 saturated carbocycles. The summed E-state index contributed by atoms with van der Waals surface area (Å²) >= 11 is 0. The summed E-state index contributed by atoms with van der Waals surface area (Å²) in [4.78, 5) is 10.5.